The van der Waals surface area contributed by atoms with Crippen LogP contribution in [-0.4, -0.2) is 6.10 Å². The highest BCUT2D eigenvalue weighted by molar-refractivity contribution is 5.35. The third-order valence-electron chi connectivity index (χ3n) is 2.06. The molecule has 0 spiro atoms. The molecule has 0 aliphatic carbocycles. The molecule has 0 saturated carbocycles. The molecule has 1 aromatic rings. The van der Waals surface area contributed by atoms with E-state index in [1.807, 2.05) is 24.3 Å². The number of fused-ring (bicyclic) bond motifs is 1. The lowest BCUT2D eigenvalue weighted by atomic mass is 10.0. The summed E-state index contributed by atoms with van der Waals surface area (Å²) in [5.74, 6) is 0.871. The van der Waals surface area contributed by atoms with E-state index in [9.17, 15) is 0 Å². The third-order valence-corrected chi connectivity index (χ3v) is 2.06. The van der Waals surface area contributed by atoms with Gasteiger partial charge >= 0.3 is 0 Å². The van der Waals surface area contributed by atoms with Gasteiger partial charge in [-0.2, -0.15) is 5.26 Å². The second-order valence-electron chi connectivity index (χ2n) is 2.88. The Morgan fingerprint density at radius 2 is 2.25 bits per heavy atom. The van der Waals surface area contributed by atoms with E-state index >= 15 is 0 Å². The number of aryl methyl sites for hydroxylation is 1. The zero-order valence-electron chi connectivity index (χ0n) is 6.66. The Morgan fingerprint density at radius 1 is 1.42 bits per heavy atom. The van der Waals surface area contributed by atoms with Crippen molar-refractivity contribution < 1.29 is 4.74 Å². The molecule has 0 amide bonds. The second-order valence-corrected chi connectivity index (χ2v) is 2.88. The summed E-state index contributed by atoms with van der Waals surface area (Å²) in [6, 6.07) is 10.0. The number of rotatable bonds is 0. The predicted molar refractivity (Wildman–Crippen MR) is 44.8 cm³/mol. The minimum Gasteiger partial charge on any atom is -0.475 e. The molecule has 2 nitrogen and oxygen atoms in total. The molecule has 60 valence electrons. The van der Waals surface area contributed by atoms with Crippen LogP contribution in [0.15, 0.2) is 24.3 Å². The van der Waals surface area contributed by atoms with E-state index in [1.54, 1.807) is 0 Å². The molecule has 1 heterocycles. The Bertz CT molecular complexity index is 327. The van der Waals surface area contributed by atoms with E-state index in [0.717, 1.165) is 18.6 Å². The van der Waals surface area contributed by atoms with Crippen LogP contribution in [0.4, 0.5) is 0 Å². The molecular formula is C10H9NO. The Kier molecular flexibility index (Phi) is 1.71. The van der Waals surface area contributed by atoms with Crippen LogP contribution in [0.2, 0.25) is 0 Å². The van der Waals surface area contributed by atoms with E-state index in [0.29, 0.717) is 0 Å². The Labute approximate surface area is 71.4 Å². The fourth-order valence-corrected chi connectivity index (χ4v) is 1.42. The Morgan fingerprint density at radius 3 is 3.08 bits per heavy atom. The highest BCUT2D eigenvalue weighted by Crippen LogP contribution is 2.26. The predicted octanol–water partition coefficient (Wildman–Crippen LogP) is 1.90. The summed E-state index contributed by atoms with van der Waals surface area (Å²) in [5, 5.41) is 8.64. The zero-order chi connectivity index (χ0) is 8.39. The average molecular weight is 159 g/mol. The molecule has 1 aliphatic heterocycles. The van der Waals surface area contributed by atoms with Crippen molar-refractivity contribution in [2.45, 2.75) is 18.9 Å². The number of benzene rings is 1. The summed E-state index contributed by atoms with van der Waals surface area (Å²) in [7, 11) is 0. The van der Waals surface area contributed by atoms with Crippen molar-refractivity contribution in [2.24, 2.45) is 0 Å². The topological polar surface area (TPSA) is 33.0 Å². The van der Waals surface area contributed by atoms with E-state index < -0.39 is 0 Å². The van der Waals surface area contributed by atoms with Crippen molar-refractivity contribution in [3.8, 4) is 11.8 Å². The van der Waals surface area contributed by atoms with Crippen LogP contribution in [-0.2, 0) is 6.42 Å². The summed E-state index contributed by atoms with van der Waals surface area (Å²) < 4.78 is 5.42. The molecule has 0 aromatic heterocycles. The quantitative estimate of drug-likeness (QED) is 0.579. The first-order valence-electron chi connectivity index (χ1n) is 4.04. The molecule has 0 bridgehead atoms. The van der Waals surface area contributed by atoms with Crippen LogP contribution in [0.5, 0.6) is 5.75 Å². The van der Waals surface area contributed by atoms with Crippen molar-refractivity contribution in [3.05, 3.63) is 29.8 Å². The summed E-state index contributed by atoms with van der Waals surface area (Å²) in [4.78, 5) is 0. The smallest absolute Gasteiger partial charge is 0.184 e. The number of para-hydroxylation sites is 1. The minimum atomic E-state index is -0.250. The van der Waals surface area contributed by atoms with E-state index in [-0.39, 0.29) is 6.10 Å². The Balaban J connectivity index is 2.30. The van der Waals surface area contributed by atoms with Gasteiger partial charge in [0.05, 0.1) is 0 Å². The molecule has 2 rings (SSSR count). The number of nitrogens with zero attached hydrogens (tertiary/aromatic N) is 1. The van der Waals surface area contributed by atoms with Crippen molar-refractivity contribution >= 4 is 0 Å². The summed E-state index contributed by atoms with van der Waals surface area (Å²) in [6.45, 7) is 0. The lowest BCUT2D eigenvalue weighted by molar-refractivity contribution is 0.225. The molecule has 0 fully saturated rings. The minimum absolute atomic E-state index is 0.250. The third kappa shape index (κ3) is 1.14. The number of hydrogen-bond donors (Lipinski definition) is 0. The number of ether oxygens (including phenoxy) is 1. The van der Waals surface area contributed by atoms with E-state index in [2.05, 4.69) is 6.07 Å². The van der Waals surface area contributed by atoms with Gasteiger partial charge in [0.15, 0.2) is 6.10 Å². The molecule has 0 unspecified atom stereocenters. The van der Waals surface area contributed by atoms with Crippen molar-refractivity contribution in [3.63, 3.8) is 0 Å². The average Bonchev–Trinajstić information content (AvgIpc) is 2.17. The number of nitriles is 1. The van der Waals surface area contributed by atoms with E-state index in [4.69, 9.17) is 10.00 Å². The zero-order valence-corrected chi connectivity index (χ0v) is 6.66. The highest BCUT2D eigenvalue weighted by Gasteiger charge is 2.17. The summed E-state index contributed by atoms with van der Waals surface area (Å²) in [6.07, 6.45) is 1.52. The van der Waals surface area contributed by atoms with Crippen LogP contribution in [0.1, 0.15) is 12.0 Å². The molecule has 12 heavy (non-hydrogen) atoms. The van der Waals surface area contributed by atoms with Gasteiger partial charge in [0.25, 0.3) is 0 Å². The molecule has 1 aliphatic rings. The van der Waals surface area contributed by atoms with Gasteiger partial charge < -0.3 is 4.74 Å². The summed E-state index contributed by atoms with van der Waals surface area (Å²) >= 11 is 0. The van der Waals surface area contributed by atoms with Gasteiger partial charge in [0, 0.05) is 6.42 Å². The monoisotopic (exact) mass is 159 g/mol. The van der Waals surface area contributed by atoms with Crippen LogP contribution in [0.3, 0.4) is 0 Å². The Hall–Kier alpha value is -1.49. The van der Waals surface area contributed by atoms with Crippen LogP contribution in [0, 0.1) is 11.3 Å². The van der Waals surface area contributed by atoms with Gasteiger partial charge in [-0.15, -0.1) is 0 Å². The van der Waals surface area contributed by atoms with Gasteiger partial charge in [0.1, 0.15) is 11.8 Å². The van der Waals surface area contributed by atoms with Crippen molar-refractivity contribution in [1.29, 1.82) is 5.26 Å². The highest BCUT2D eigenvalue weighted by atomic mass is 16.5. The lowest BCUT2D eigenvalue weighted by Gasteiger charge is -2.20. The van der Waals surface area contributed by atoms with E-state index in [1.165, 1.54) is 5.56 Å². The molecule has 0 N–H and O–H groups in total. The van der Waals surface area contributed by atoms with Gasteiger partial charge in [-0.3, -0.25) is 0 Å². The fraction of sp³-hybridized carbons (Fsp3) is 0.300. The molecule has 0 radical (unpaired) electrons. The van der Waals surface area contributed by atoms with Crippen molar-refractivity contribution in [2.75, 3.05) is 0 Å². The van der Waals surface area contributed by atoms with Gasteiger partial charge in [0.2, 0.25) is 0 Å². The van der Waals surface area contributed by atoms with Crippen molar-refractivity contribution in [1.82, 2.24) is 0 Å². The fourth-order valence-electron chi connectivity index (χ4n) is 1.42. The maximum atomic E-state index is 8.64. The molecule has 2 heteroatoms. The SMILES string of the molecule is N#C[C@H]1CCc2ccccc2O1. The first-order valence-corrected chi connectivity index (χ1v) is 4.04. The largest absolute Gasteiger partial charge is 0.475 e. The van der Waals surface area contributed by atoms with Crippen LogP contribution in [0.25, 0.3) is 0 Å². The van der Waals surface area contributed by atoms with Gasteiger partial charge in [-0.1, -0.05) is 18.2 Å². The maximum Gasteiger partial charge on any atom is 0.184 e. The first-order chi connectivity index (χ1) is 5.90. The molecular weight excluding hydrogens is 150 g/mol. The van der Waals surface area contributed by atoms with Gasteiger partial charge in [-0.05, 0) is 18.1 Å². The van der Waals surface area contributed by atoms with Gasteiger partial charge in [-0.25, -0.2) is 0 Å². The second kappa shape index (κ2) is 2.86. The standard InChI is InChI=1S/C10H9NO/c11-7-9-6-5-8-3-1-2-4-10(8)12-9/h1-4,9H,5-6H2/t9-/m1/s1. The molecule has 1 aromatic carbocycles. The summed E-state index contributed by atoms with van der Waals surface area (Å²) in [5.41, 5.74) is 1.21. The first kappa shape index (κ1) is 7.17. The number of hydrogen-bond acceptors (Lipinski definition) is 2. The maximum absolute atomic E-state index is 8.64. The molecule has 0 saturated heterocycles. The van der Waals surface area contributed by atoms with Crippen LogP contribution < -0.4 is 4.74 Å². The normalized spacial score (nSPS) is 20.4. The molecule has 1 atom stereocenters. The lowest BCUT2D eigenvalue weighted by Crippen LogP contribution is -2.20. The van der Waals surface area contributed by atoms with Crippen LogP contribution >= 0.6 is 0 Å².